The Bertz CT molecular complexity index is 960. The van der Waals surface area contributed by atoms with Gasteiger partial charge in [0.25, 0.3) is 6.26 Å². The van der Waals surface area contributed by atoms with E-state index in [-0.39, 0.29) is 53.0 Å². The third-order valence-corrected chi connectivity index (χ3v) is 5.21. The Kier molecular flexibility index (Phi) is 44.6. The minimum atomic E-state index is -0.564. The number of aliphatic hydroxyl groups is 1. The molecule has 0 aromatic rings. The minimum absolute atomic E-state index is 0. The fourth-order valence-corrected chi connectivity index (χ4v) is 2.95. The van der Waals surface area contributed by atoms with Gasteiger partial charge in [-0.1, -0.05) is 52.8 Å². The first-order valence-corrected chi connectivity index (χ1v) is 15.3. The molecule has 16 heteroatoms. The van der Waals surface area contributed by atoms with Crippen LogP contribution in [-0.4, -0.2) is 100 Å². The maximum atomic E-state index is 11.5. The number of unbranched alkanes of at least 4 members (excludes halogenated alkanes) is 7. The summed E-state index contributed by atoms with van der Waals surface area (Å²) in [7, 11) is 0. The van der Waals surface area contributed by atoms with Gasteiger partial charge in [0.05, 0.1) is 13.2 Å². The lowest BCUT2D eigenvalue weighted by Gasteiger charge is -2.07. The van der Waals surface area contributed by atoms with E-state index in [0.717, 1.165) is 69.6 Å². The first kappa shape index (κ1) is 50.8. The standard InChI is InChI=1S/C19H29NO8.C8H12N2O2.C5H8O3.CH4/c1-3-16(21)25-12-13-27-18(23)10-8-6-5-7-9-11-20-19(24)28-15-14-26-17(22)4-2;9-7-12-6-4-2-1-3-5-10-8-11;1-2-5(7)8-4-3-6;/h3-4H,1-2,5-15H2,(H,20,24);1-6H2;2,6H,1,3-4H2;1H4. The summed E-state index contributed by atoms with van der Waals surface area (Å²) in [6.45, 7) is 11.1. The van der Waals surface area contributed by atoms with Crippen molar-refractivity contribution in [3.63, 3.8) is 0 Å². The highest BCUT2D eigenvalue weighted by molar-refractivity contribution is 5.81. The molecule has 49 heavy (non-hydrogen) atoms. The third kappa shape index (κ3) is 47.5. The highest BCUT2D eigenvalue weighted by atomic mass is 16.6. The number of esters is 4. The fourth-order valence-electron chi connectivity index (χ4n) is 2.95. The van der Waals surface area contributed by atoms with Crippen LogP contribution >= 0.6 is 0 Å². The average Bonchev–Trinajstić information content (AvgIpc) is 3.10. The molecule has 0 aliphatic heterocycles. The zero-order chi connectivity index (χ0) is 36.5. The summed E-state index contributed by atoms with van der Waals surface area (Å²) in [5, 5.41) is 18.7. The van der Waals surface area contributed by atoms with Crippen molar-refractivity contribution in [2.75, 3.05) is 59.3 Å². The molecule has 0 heterocycles. The predicted octanol–water partition coefficient (Wildman–Crippen LogP) is 3.78. The maximum Gasteiger partial charge on any atom is 0.407 e. The summed E-state index contributed by atoms with van der Waals surface area (Å²) in [5.74, 6) is -1.93. The monoisotopic (exact) mass is 699 g/mol. The molecule has 0 bridgehead atoms. The number of ether oxygens (including phenoxy) is 6. The molecule has 0 aliphatic rings. The predicted molar refractivity (Wildman–Crippen MR) is 178 cm³/mol. The number of alkyl carbamates (subject to hydrolysis) is 1. The van der Waals surface area contributed by atoms with Crippen LogP contribution in [0.5, 0.6) is 0 Å². The quantitative estimate of drug-likeness (QED) is 0.0249. The summed E-state index contributed by atoms with van der Waals surface area (Å²) < 4.78 is 27.9. The molecular formula is C33H53N3O13. The van der Waals surface area contributed by atoms with Crippen molar-refractivity contribution in [3.8, 4) is 6.26 Å². The molecule has 16 nitrogen and oxygen atoms in total. The Morgan fingerprint density at radius 1 is 0.673 bits per heavy atom. The third-order valence-electron chi connectivity index (χ3n) is 5.21. The number of rotatable bonds is 26. The number of aliphatic hydroxyl groups excluding tert-OH is 1. The van der Waals surface area contributed by atoms with Crippen LogP contribution in [0.2, 0.25) is 0 Å². The first-order valence-electron chi connectivity index (χ1n) is 15.3. The van der Waals surface area contributed by atoms with E-state index in [2.05, 4.69) is 49.0 Å². The van der Waals surface area contributed by atoms with Gasteiger partial charge in [-0.15, -0.1) is 0 Å². The molecule has 0 aromatic carbocycles. The normalized spacial score (nSPS) is 8.90. The van der Waals surface area contributed by atoms with E-state index in [0.29, 0.717) is 32.5 Å². The summed E-state index contributed by atoms with van der Waals surface area (Å²) in [5.41, 5.74) is 0. The largest absolute Gasteiger partial charge is 0.462 e. The van der Waals surface area contributed by atoms with Gasteiger partial charge in [0.15, 0.2) is 0 Å². The van der Waals surface area contributed by atoms with Crippen LogP contribution < -0.4 is 5.32 Å². The summed E-state index contributed by atoms with van der Waals surface area (Å²) in [6.07, 6.45) is 14.0. The molecule has 0 rings (SSSR count). The van der Waals surface area contributed by atoms with Crippen molar-refractivity contribution in [1.82, 2.24) is 5.32 Å². The number of aliphatic imine (C=N–C) groups is 1. The van der Waals surface area contributed by atoms with Gasteiger partial charge in [-0.25, -0.2) is 29.0 Å². The molecule has 0 radical (unpaired) electrons. The van der Waals surface area contributed by atoms with Gasteiger partial charge >= 0.3 is 30.0 Å². The Morgan fingerprint density at radius 2 is 1.16 bits per heavy atom. The number of isocyanates is 1. The molecule has 2 N–H and O–H groups in total. The fraction of sp³-hybridized carbons (Fsp3) is 0.606. The van der Waals surface area contributed by atoms with Gasteiger partial charge in [0, 0.05) is 31.2 Å². The zero-order valence-electron chi connectivity index (χ0n) is 27.5. The van der Waals surface area contributed by atoms with E-state index in [1.165, 1.54) is 6.08 Å². The highest BCUT2D eigenvalue weighted by Crippen LogP contribution is 2.06. The zero-order valence-corrected chi connectivity index (χ0v) is 27.5. The number of nitrogens with zero attached hydrogens (tertiary/aromatic N) is 2. The van der Waals surface area contributed by atoms with Crippen LogP contribution in [0.25, 0.3) is 0 Å². The Balaban J connectivity index is -0.000000395. The SMILES string of the molecule is C.C=CC(=O)OCCO.C=CC(=O)OCCOC(=O)CCCCCCCNC(=O)OCCOC(=O)C=C.N#COCCCCCCN=C=O. The van der Waals surface area contributed by atoms with E-state index in [4.69, 9.17) is 19.8 Å². The van der Waals surface area contributed by atoms with Crippen molar-refractivity contribution >= 4 is 36.1 Å². The van der Waals surface area contributed by atoms with Gasteiger partial charge in [-0.05, 0) is 32.1 Å². The topological polar surface area (TPSA) is 226 Å². The molecule has 0 saturated carbocycles. The van der Waals surface area contributed by atoms with Crippen LogP contribution in [0.1, 0.15) is 71.6 Å². The second kappa shape index (κ2) is 43.0. The van der Waals surface area contributed by atoms with E-state index < -0.39 is 24.0 Å². The van der Waals surface area contributed by atoms with Crippen molar-refractivity contribution < 1.29 is 62.3 Å². The Hall–Kier alpha value is -5.00. The van der Waals surface area contributed by atoms with Gasteiger partial charge in [0.1, 0.15) is 39.6 Å². The van der Waals surface area contributed by atoms with Crippen molar-refractivity contribution in [3.05, 3.63) is 38.0 Å². The smallest absolute Gasteiger partial charge is 0.407 e. The first-order chi connectivity index (χ1) is 23.2. The summed E-state index contributed by atoms with van der Waals surface area (Å²) in [6, 6.07) is 0. The van der Waals surface area contributed by atoms with Crippen LogP contribution in [0.15, 0.2) is 43.0 Å². The second-order valence-corrected chi connectivity index (χ2v) is 8.97. The number of carbonyl (C=O) groups is 5. The summed E-state index contributed by atoms with van der Waals surface area (Å²) in [4.78, 5) is 67.5. The Labute approximate surface area is 289 Å². The van der Waals surface area contributed by atoms with Crippen molar-refractivity contribution in [1.29, 1.82) is 5.26 Å². The van der Waals surface area contributed by atoms with Crippen molar-refractivity contribution in [2.24, 2.45) is 4.99 Å². The highest BCUT2D eigenvalue weighted by Gasteiger charge is 2.05. The Morgan fingerprint density at radius 3 is 1.71 bits per heavy atom. The number of hydrogen-bond acceptors (Lipinski definition) is 15. The molecule has 278 valence electrons. The second-order valence-electron chi connectivity index (χ2n) is 8.97. The van der Waals surface area contributed by atoms with Crippen LogP contribution in [0.3, 0.4) is 0 Å². The molecule has 0 spiro atoms. The van der Waals surface area contributed by atoms with E-state index in [1.807, 2.05) is 0 Å². The number of carbonyl (C=O) groups excluding carboxylic acids is 6. The van der Waals surface area contributed by atoms with Gasteiger partial charge < -0.3 is 38.8 Å². The molecule has 0 saturated heterocycles. The van der Waals surface area contributed by atoms with Crippen LogP contribution in [0, 0.1) is 11.5 Å². The number of nitrogens with one attached hydrogen (secondary N) is 1. The lowest BCUT2D eigenvalue weighted by Crippen LogP contribution is -2.26. The van der Waals surface area contributed by atoms with Crippen LogP contribution in [0.4, 0.5) is 4.79 Å². The molecule has 0 fully saturated rings. The number of hydrogen-bond donors (Lipinski definition) is 2. The minimum Gasteiger partial charge on any atom is -0.462 e. The number of amides is 1. The average molecular weight is 700 g/mol. The molecular weight excluding hydrogens is 646 g/mol. The van der Waals surface area contributed by atoms with Gasteiger partial charge in [0.2, 0.25) is 6.08 Å². The molecule has 0 unspecified atom stereocenters. The molecule has 0 atom stereocenters. The number of nitriles is 1. The van der Waals surface area contributed by atoms with Crippen molar-refractivity contribution in [2.45, 2.75) is 71.6 Å². The molecule has 1 amide bonds. The van der Waals surface area contributed by atoms with Crippen LogP contribution in [-0.2, 0) is 52.4 Å². The molecule has 0 aromatic heterocycles. The lowest BCUT2D eigenvalue weighted by atomic mass is 10.1. The van der Waals surface area contributed by atoms with E-state index in [1.54, 1.807) is 6.26 Å². The lowest BCUT2D eigenvalue weighted by molar-refractivity contribution is -0.149. The van der Waals surface area contributed by atoms with E-state index in [9.17, 15) is 28.8 Å². The van der Waals surface area contributed by atoms with Gasteiger partial charge in [-0.3, -0.25) is 4.79 Å². The summed E-state index contributed by atoms with van der Waals surface area (Å²) >= 11 is 0. The van der Waals surface area contributed by atoms with Gasteiger partial charge in [-0.2, -0.15) is 5.26 Å². The molecule has 0 aliphatic carbocycles. The van der Waals surface area contributed by atoms with E-state index >= 15 is 0 Å². The maximum absolute atomic E-state index is 11.5.